The second kappa shape index (κ2) is 3.25. The van der Waals surface area contributed by atoms with Crippen molar-refractivity contribution in [2.75, 3.05) is 0 Å². The third kappa shape index (κ3) is 1.39. The second-order valence-electron chi connectivity index (χ2n) is 4.61. The first kappa shape index (κ1) is 9.72. The number of nitrogens with zero attached hydrogens (tertiary/aromatic N) is 4. The monoisotopic (exact) mass is 217 g/mol. The van der Waals surface area contributed by atoms with E-state index in [2.05, 4.69) is 15.1 Å². The third-order valence-corrected chi connectivity index (χ3v) is 3.37. The maximum Gasteiger partial charge on any atom is 0.252 e. The van der Waals surface area contributed by atoms with E-state index in [1.165, 1.54) is 12.8 Å². The van der Waals surface area contributed by atoms with Gasteiger partial charge in [0.15, 0.2) is 0 Å². The number of fused-ring (bicyclic) bond motifs is 1. The van der Waals surface area contributed by atoms with Crippen molar-refractivity contribution in [3.05, 3.63) is 23.8 Å². The number of aromatic nitrogens is 4. The molecule has 0 aromatic carbocycles. The molecule has 1 aliphatic rings. The van der Waals surface area contributed by atoms with Crippen LogP contribution in [0.25, 0.3) is 5.78 Å². The number of hydrogen-bond donors (Lipinski definition) is 1. The average molecular weight is 217 g/mol. The fraction of sp³-hybridized carbons (Fsp3) is 0.545. The third-order valence-electron chi connectivity index (χ3n) is 3.37. The molecular formula is C11H15N5. The standard InChI is InChI=1S/C11H15N5/c1-8-14-10-13-6-9(7-16(10)15-8)11(12)4-2-3-5-11/h6-7H,2-5,12H2,1H3. The van der Waals surface area contributed by atoms with Crippen molar-refractivity contribution in [2.45, 2.75) is 38.1 Å². The van der Waals surface area contributed by atoms with E-state index >= 15 is 0 Å². The summed E-state index contributed by atoms with van der Waals surface area (Å²) < 4.78 is 1.72. The number of rotatable bonds is 1. The topological polar surface area (TPSA) is 69.1 Å². The van der Waals surface area contributed by atoms with Gasteiger partial charge in [0.25, 0.3) is 5.78 Å². The van der Waals surface area contributed by atoms with E-state index in [9.17, 15) is 0 Å². The van der Waals surface area contributed by atoms with Crippen molar-refractivity contribution in [1.82, 2.24) is 19.6 Å². The fourth-order valence-electron chi connectivity index (χ4n) is 2.44. The minimum atomic E-state index is -0.207. The zero-order valence-corrected chi connectivity index (χ0v) is 9.35. The Morgan fingerprint density at radius 1 is 1.38 bits per heavy atom. The highest BCUT2D eigenvalue weighted by Gasteiger charge is 2.32. The van der Waals surface area contributed by atoms with Gasteiger partial charge in [0.2, 0.25) is 0 Å². The van der Waals surface area contributed by atoms with Gasteiger partial charge in [-0.05, 0) is 19.8 Å². The zero-order valence-electron chi connectivity index (χ0n) is 9.35. The molecule has 0 bridgehead atoms. The predicted molar refractivity (Wildman–Crippen MR) is 59.9 cm³/mol. The summed E-state index contributed by atoms with van der Waals surface area (Å²) in [4.78, 5) is 8.50. The summed E-state index contributed by atoms with van der Waals surface area (Å²) >= 11 is 0. The molecule has 2 N–H and O–H groups in total. The molecule has 1 aliphatic carbocycles. The summed E-state index contributed by atoms with van der Waals surface area (Å²) in [6.07, 6.45) is 8.28. The smallest absolute Gasteiger partial charge is 0.252 e. The molecule has 0 amide bonds. The lowest BCUT2D eigenvalue weighted by atomic mass is 9.92. The molecule has 0 saturated heterocycles. The fourth-order valence-corrected chi connectivity index (χ4v) is 2.44. The molecular weight excluding hydrogens is 202 g/mol. The summed E-state index contributed by atoms with van der Waals surface area (Å²) in [6, 6.07) is 0. The summed E-state index contributed by atoms with van der Waals surface area (Å²) in [5, 5.41) is 4.26. The molecule has 16 heavy (non-hydrogen) atoms. The van der Waals surface area contributed by atoms with Crippen molar-refractivity contribution in [3.8, 4) is 0 Å². The van der Waals surface area contributed by atoms with Crippen LogP contribution in [0.3, 0.4) is 0 Å². The molecule has 2 heterocycles. The summed E-state index contributed by atoms with van der Waals surface area (Å²) in [6.45, 7) is 1.86. The van der Waals surface area contributed by atoms with Crippen molar-refractivity contribution in [2.24, 2.45) is 5.73 Å². The molecule has 5 nitrogen and oxygen atoms in total. The Hall–Kier alpha value is -1.49. The number of nitrogens with two attached hydrogens (primary N) is 1. The molecule has 2 aromatic rings. The quantitative estimate of drug-likeness (QED) is 0.778. The highest BCUT2D eigenvalue weighted by molar-refractivity contribution is 5.30. The van der Waals surface area contributed by atoms with Gasteiger partial charge < -0.3 is 5.73 Å². The zero-order chi connectivity index (χ0) is 11.2. The van der Waals surface area contributed by atoms with Crippen LogP contribution in [0.1, 0.15) is 37.1 Å². The van der Waals surface area contributed by atoms with Crippen molar-refractivity contribution in [3.63, 3.8) is 0 Å². The first-order valence-corrected chi connectivity index (χ1v) is 5.66. The van der Waals surface area contributed by atoms with Gasteiger partial charge in [-0.1, -0.05) is 12.8 Å². The molecule has 0 atom stereocenters. The van der Waals surface area contributed by atoms with E-state index in [4.69, 9.17) is 5.73 Å². The molecule has 3 rings (SSSR count). The molecule has 5 heteroatoms. The molecule has 0 radical (unpaired) electrons. The number of hydrogen-bond acceptors (Lipinski definition) is 4. The minimum Gasteiger partial charge on any atom is -0.321 e. The van der Waals surface area contributed by atoms with Gasteiger partial charge in [0, 0.05) is 23.5 Å². The van der Waals surface area contributed by atoms with Gasteiger partial charge in [0.1, 0.15) is 5.82 Å². The average Bonchev–Trinajstić information content (AvgIpc) is 2.82. The summed E-state index contributed by atoms with van der Waals surface area (Å²) in [7, 11) is 0. The van der Waals surface area contributed by atoms with Crippen molar-refractivity contribution < 1.29 is 0 Å². The maximum absolute atomic E-state index is 6.38. The van der Waals surface area contributed by atoms with Crippen LogP contribution in [0, 0.1) is 6.92 Å². The molecule has 84 valence electrons. The van der Waals surface area contributed by atoms with E-state index in [-0.39, 0.29) is 5.54 Å². The molecule has 0 aliphatic heterocycles. The Morgan fingerprint density at radius 2 is 2.12 bits per heavy atom. The van der Waals surface area contributed by atoms with E-state index < -0.39 is 0 Å². The maximum atomic E-state index is 6.38. The van der Waals surface area contributed by atoms with E-state index in [1.807, 2.05) is 19.3 Å². The van der Waals surface area contributed by atoms with E-state index in [0.717, 1.165) is 24.2 Å². The van der Waals surface area contributed by atoms with E-state index in [1.54, 1.807) is 4.52 Å². The SMILES string of the molecule is Cc1nc2ncc(C3(N)CCCC3)cn2n1. The summed E-state index contributed by atoms with van der Waals surface area (Å²) in [5.74, 6) is 1.38. The van der Waals surface area contributed by atoms with Gasteiger partial charge in [-0.3, -0.25) is 0 Å². The van der Waals surface area contributed by atoms with Crippen LogP contribution >= 0.6 is 0 Å². The highest BCUT2D eigenvalue weighted by Crippen LogP contribution is 2.35. The molecule has 1 fully saturated rings. The normalized spacial score (nSPS) is 19.4. The van der Waals surface area contributed by atoms with Gasteiger partial charge in [-0.2, -0.15) is 10.1 Å². The van der Waals surface area contributed by atoms with E-state index in [0.29, 0.717) is 5.78 Å². The molecule has 2 aromatic heterocycles. The highest BCUT2D eigenvalue weighted by atomic mass is 15.3. The number of aryl methyl sites for hydroxylation is 1. The van der Waals surface area contributed by atoms with Gasteiger partial charge >= 0.3 is 0 Å². The molecule has 1 saturated carbocycles. The lowest BCUT2D eigenvalue weighted by Gasteiger charge is -2.23. The Balaban J connectivity index is 2.10. The Labute approximate surface area is 93.7 Å². The second-order valence-corrected chi connectivity index (χ2v) is 4.61. The lowest BCUT2D eigenvalue weighted by Crippen LogP contribution is -2.33. The van der Waals surface area contributed by atoms with Crippen LogP contribution in [0.5, 0.6) is 0 Å². The minimum absolute atomic E-state index is 0.207. The molecule has 0 unspecified atom stereocenters. The van der Waals surface area contributed by atoms with Crippen LogP contribution in [-0.4, -0.2) is 19.6 Å². The molecule has 0 spiro atoms. The first-order chi connectivity index (χ1) is 7.67. The van der Waals surface area contributed by atoms with Gasteiger partial charge in [-0.15, -0.1) is 0 Å². The summed E-state index contributed by atoms with van der Waals surface area (Å²) in [5.41, 5.74) is 7.24. The first-order valence-electron chi connectivity index (χ1n) is 5.66. The van der Waals surface area contributed by atoms with Crippen LogP contribution in [-0.2, 0) is 5.54 Å². The van der Waals surface area contributed by atoms with Crippen molar-refractivity contribution in [1.29, 1.82) is 0 Å². The van der Waals surface area contributed by atoms with Crippen molar-refractivity contribution >= 4 is 5.78 Å². The van der Waals surface area contributed by atoms with Crippen LogP contribution < -0.4 is 5.73 Å². The Bertz CT molecular complexity index is 524. The van der Waals surface area contributed by atoms with Gasteiger partial charge in [-0.25, -0.2) is 9.50 Å². The Kier molecular flexibility index (Phi) is 1.97. The van der Waals surface area contributed by atoms with Crippen LogP contribution in [0.4, 0.5) is 0 Å². The Morgan fingerprint density at radius 3 is 2.88 bits per heavy atom. The van der Waals surface area contributed by atoms with Gasteiger partial charge in [0.05, 0.1) is 0 Å². The lowest BCUT2D eigenvalue weighted by molar-refractivity contribution is 0.457. The van der Waals surface area contributed by atoms with Crippen LogP contribution in [0.15, 0.2) is 12.4 Å². The largest absolute Gasteiger partial charge is 0.321 e. The van der Waals surface area contributed by atoms with Crippen LogP contribution in [0.2, 0.25) is 0 Å². The predicted octanol–water partition coefficient (Wildman–Crippen LogP) is 1.16.